The molecule has 1 fully saturated rings. The van der Waals surface area contributed by atoms with Gasteiger partial charge in [0.2, 0.25) is 5.95 Å². The predicted molar refractivity (Wildman–Crippen MR) is 152 cm³/mol. The van der Waals surface area contributed by atoms with Gasteiger partial charge in [0.1, 0.15) is 29.2 Å². The SMILES string of the molecule is CN1CCC(Nc2ncc3c(F)c(-c4cccc(NS(=O)(=O)c5cc(Cl)cc6c5OC[C@H]6O)c4F)ccc3n2)CC1. The molecule has 13 heteroatoms. The summed E-state index contributed by atoms with van der Waals surface area (Å²) in [4.78, 5) is 10.6. The summed E-state index contributed by atoms with van der Waals surface area (Å²) in [6.45, 7) is 1.78. The van der Waals surface area contributed by atoms with E-state index in [1.54, 1.807) is 6.07 Å². The van der Waals surface area contributed by atoms with E-state index in [4.69, 9.17) is 16.3 Å². The minimum absolute atomic E-state index is 0.0591. The first-order valence-electron chi connectivity index (χ1n) is 13.0. The number of aliphatic hydroxyl groups excluding tert-OH is 1. The molecular weight excluding hydrogens is 576 g/mol. The van der Waals surface area contributed by atoms with Crippen LogP contribution in [0.25, 0.3) is 22.0 Å². The van der Waals surface area contributed by atoms with Crippen LogP contribution in [0.2, 0.25) is 5.02 Å². The Morgan fingerprint density at radius 3 is 2.63 bits per heavy atom. The second-order valence-electron chi connectivity index (χ2n) is 10.2. The summed E-state index contributed by atoms with van der Waals surface area (Å²) >= 11 is 6.08. The lowest BCUT2D eigenvalue weighted by Gasteiger charge is -2.29. The third-order valence-electron chi connectivity index (χ3n) is 7.37. The zero-order chi connectivity index (χ0) is 28.9. The standard InChI is InChI=1S/C28H26ClF2N5O4S/c1-36-9-7-16(8-10-36)33-28-32-13-20-21(34-28)6-5-18(25(20)30)17-3-2-4-22(26(17)31)35-41(38,39)24-12-15(29)11-19-23(37)14-40-27(19)24/h2-6,11-13,16,23,35,37H,7-10,14H2,1H3,(H,32,33,34)/t23-/m1/s1. The number of halogens is 3. The number of likely N-dealkylation sites (tertiary alicyclic amines) is 1. The van der Waals surface area contributed by atoms with E-state index in [1.165, 1.54) is 36.5 Å². The molecule has 1 saturated heterocycles. The maximum absolute atomic E-state index is 15.7. The van der Waals surface area contributed by atoms with Crippen molar-refractivity contribution < 1.29 is 27.0 Å². The van der Waals surface area contributed by atoms with Crippen LogP contribution < -0.4 is 14.8 Å². The number of piperidine rings is 1. The number of hydrogen-bond acceptors (Lipinski definition) is 8. The van der Waals surface area contributed by atoms with Crippen LogP contribution in [0.5, 0.6) is 5.75 Å². The van der Waals surface area contributed by atoms with Gasteiger partial charge in [-0.25, -0.2) is 27.2 Å². The molecule has 214 valence electrons. The minimum Gasteiger partial charge on any atom is -0.489 e. The highest BCUT2D eigenvalue weighted by Gasteiger charge is 2.32. The molecule has 2 aliphatic rings. The van der Waals surface area contributed by atoms with Gasteiger partial charge in [-0.05, 0) is 63.3 Å². The minimum atomic E-state index is -4.40. The Balaban J connectivity index is 1.30. The molecule has 3 N–H and O–H groups in total. The summed E-state index contributed by atoms with van der Waals surface area (Å²) in [5.41, 5.74) is -0.0571. The zero-order valence-electron chi connectivity index (χ0n) is 21.9. The Kier molecular flexibility index (Phi) is 7.18. The molecule has 0 amide bonds. The van der Waals surface area contributed by atoms with Gasteiger partial charge in [0.15, 0.2) is 5.82 Å². The number of sulfonamides is 1. The van der Waals surface area contributed by atoms with E-state index < -0.39 is 33.4 Å². The Morgan fingerprint density at radius 2 is 1.85 bits per heavy atom. The maximum atomic E-state index is 15.7. The summed E-state index contributed by atoms with van der Waals surface area (Å²) in [7, 11) is -2.33. The summed E-state index contributed by atoms with van der Waals surface area (Å²) < 4.78 is 65.5. The lowest BCUT2D eigenvalue weighted by molar-refractivity contribution is 0.140. The summed E-state index contributed by atoms with van der Waals surface area (Å²) in [5.74, 6) is -1.38. The number of rotatable bonds is 6. The molecule has 6 rings (SSSR count). The molecule has 4 aromatic rings. The highest BCUT2D eigenvalue weighted by molar-refractivity contribution is 7.92. The van der Waals surface area contributed by atoms with Crippen LogP contribution in [0.1, 0.15) is 24.5 Å². The Labute approximate surface area is 240 Å². The first-order valence-corrected chi connectivity index (χ1v) is 14.8. The van der Waals surface area contributed by atoms with Crippen molar-refractivity contribution in [3.8, 4) is 16.9 Å². The zero-order valence-corrected chi connectivity index (χ0v) is 23.4. The molecule has 3 aromatic carbocycles. The monoisotopic (exact) mass is 601 g/mol. The van der Waals surface area contributed by atoms with Gasteiger partial charge in [0.05, 0.1) is 16.6 Å². The molecule has 0 bridgehead atoms. The molecule has 1 aromatic heterocycles. The van der Waals surface area contributed by atoms with Crippen LogP contribution >= 0.6 is 11.6 Å². The van der Waals surface area contributed by atoms with Gasteiger partial charge in [-0.15, -0.1) is 0 Å². The highest BCUT2D eigenvalue weighted by atomic mass is 35.5. The van der Waals surface area contributed by atoms with Gasteiger partial charge in [0.25, 0.3) is 10.0 Å². The molecule has 3 heterocycles. The van der Waals surface area contributed by atoms with Crippen molar-refractivity contribution in [2.45, 2.75) is 29.9 Å². The molecule has 41 heavy (non-hydrogen) atoms. The van der Waals surface area contributed by atoms with Crippen LogP contribution in [0.3, 0.4) is 0 Å². The van der Waals surface area contributed by atoms with Crippen molar-refractivity contribution in [2.24, 2.45) is 0 Å². The summed E-state index contributed by atoms with van der Waals surface area (Å²) in [6.07, 6.45) is 2.20. The van der Waals surface area contributed by atoms with E-state index in [0.29, 0.717) is 11.5 Å². The normalized spacial score (nSPS) is 17.8. The molecule has 0 aliphatic carbocycles. The number of aliphatic hydroxyl groups is 1. The molecule has 9 nitrogen and oxygen atoms in total. The van der Waals surface area contributed by atoms with Crippen molar-refractivity contribution in [2.75, 3.05) is 36.8 Å². The lowest BCUT2D eigenvalue weighted by Crippen LogP contribution is -2.37. The second kappa shape index (κ2) is 10.7. The van der Waals surface area contributed by atoms with E-state index in [0.717, 1.165) is 32.0 Å². The first kappa shape index (κ1) is 27.6. The van der Waals surface area contributed by atoms with Crippen LogP contribution in [-0.2, 0) is 10.0 Å². The lowest BCUT2D eigenvalue weighted by atomic mass is 10.0. The Morgan fingerprint density at radius 1 is 1.10 bits per heavy atom. The first-order chi connectivity index (χ1) is 19.6. The molecule has 2 aliphatic heterocycles. The number of benzene rings is 3. The quantitative estimate of drug-likeness (QED) is 0.284. The van der Waals surface area contributed by atoms with Crippen molar-refractivity contribution in [1.82, 2.24) is 14.9 Å². The number of ether oxygens (including phenoxy) is 1. The molecule has 0 saturated carbocycles. The number of aromatic nitrogens is 2. The molecular formula is C28H26ClF2N5O4S. The van der Waals surface area contributed by atoms with Gasteiger partial charge in [-0.1, -0.05) is 23.7 Å². The van der Waals surface area contributed by atoms with Gasteiger partial charge in [0, 0.05) is 34.0 Å². The Hall–Kier alpha value is -3.58. The number of anilines is 2. The fraction of sp³-hybridized carbons (Fsp3) is 0.286. The van der Waals surface area contributed by atoms with Crippen molar-refractivity contribution in [3.63, 3.8) is 0 Å². The summed E-state index contributed by atoms with van der Waals surface area (Å²) in [6, 6.07) is 9.75. The third-order valence-corrected chi connectivity index (χ3v) is 8.96. The number of nitrogens with zero attached hydrogens (tertiary/aromatic N) is 3. The highest BCUT2D eigenvalue weighted by Crippen LogP contribution is 2.41. The molecule has 0 unspecified atom stereocenters. The fourth-order valence-electron chi connectivity index (χ4n) is 5.15. The van der Waals surface area contributed by atoms with Crippen LogP contribution in [0.15, 0.2) is 53.6 Å². The number of fused-ring (bicyclic) bond motifs is 2. The van der Waals surface area contributed by atoms with E-state index in [2.05, 4.69) is 32.0 Å². The van der Waals surface area contributed by atoms with Crippen LogP contribution in [-0.4, -0.2) is 61.2 Å². The molecule has 1 atom stereocenters. The van der Waals surface area contributed by atoms with Crippen LogP contribution in [0, 0.1) is 11.6 Å². The second-order valence-corrected chi connectivity index (χ2v) is 12.3. The van der Waals surface area contributed by atoms with E-state index in [1.807, 2.05) is 0 Å². The number of nitrogens with one attached hydrogen (secondary N) is 2. The van der Waals surface area contributed by atoms with Crippen LogP contribution in [0.4, 0.5) is 20.4 Å². The van der Waals surface area contributed by atoms with E-state index >= 15 is 8.78 Å². The molecule has 0 radical (unpaired) electrons. The fourth-order valence-corrected chi connectivity index (χ4v) is 6.70. The topological polar surface area (TPSA) is 117 Å². The predicted octanol–water partition coefficient (Wildman–Crippen LogP) is 4.96. The van der Waals surface area contributed by atoms with Gasteiger partial charge >= 0.3 is 0 Å². The molecule has 0 spiro atoms. The van der Waals surface area contributed by atoms with Crippen molar-refractivity contribution in [1.29, 1.82) is 0 Å². The largest absolute Gasteiger partial charge is 0.489 e. The van der Waals surface area contributed by atoms with Crippen molar-refractivity contribution >= 4 is 44.2 Å². The summed E-state index contributed by atoms with van der Waals surface area (Å²) in [5, 5.41) is 13.6. The smallest absolute Gasteiger partial charge is 0.265 e. The maximum Gasteiger partial charge on any atom is 0.265 e. The van der Waals surface area contributed by atoms with Crippen molar-refractivity contribution in [3.05, 3.63) is 70.9 Å². The van der Waals surface area contributed by atoms with Gasteiger partial charge in [-0.3, -0.25) is 4.72 Å². The van der Waals surface area contributed by atoms with Gasteiger partial charge < -0.3 is 20.1 Å². The van der Waals surface area contributed by atoms with E-state index in [-0.39, 0.29) is 50.4 Å². The third kappa shape index (κ3) is 5.28. The average Bonchev–Trinajstić information content (AvgIpc) is 3.31. The Bertz CT molecular complexity index is 1770. The van der Waals surface area contributed by atoms with Gasteiger partial charge in [-0.2, -0.15) is 0 Å². The van der Waals surface area contributed by atoms with E-state index in [9.17, 15) is 13.5 Å². The number of hydrogen-bond donors (Lipinski definition) is 3. The average molecular weight is 602 g/mol.